The monoisotopic (exact) mass is 464 g/mol. The molecule has 2 aliphatic rings. The Morgan fingerprint density at radius 3 is 2.24 bits per heavy atom. The Hall–Kier alpha value is -3.12. The van der Waals surface area contributed by atoms with Gasteiger partial charge in [0.25, 0.3) is 0 Å². The number of likely N-dealkylation sites (tertiary alicyclic amines) is 1. The Bertz CT molecular complexity index is 1200. The number of anilines is 1. The third-order valence-corrected chi connectivity index (χ3v) is 7.13. The number of carbonyl (C=O) groups is 1. The molecular formula is C28H27F3N2O. The summed E-state index contributed by atoms with van der Waals surface area (Å²) >= 11 is 0. The predicted molar refractivity (Wildman–Crippen MR) is 126 cm³/mol. The van der Waals surface area contributed by atoms with E-state index in [1.54, 1.807) is 17.9 Å². The van der Waals surface area contributed by atoms with Gasteiger partial charge in [0.15, 0.2) is 0 Å². The Morgan fingerprint density at radius 2 is 1.53 bits per heavy atom. The van der Waals surface area contributed by atoms with Crippen LogP contribution in [0.4, 0.5) is 18.9 Å². The molecule has 3 aromatic carbocycles. The first-order chi connectivity index (χ1) is 16.3. The van der Waals surface area contributed by atoms with Crippen LogP contribution < -0.4 is 4.90 Å². The second-order valence-electron chi connectivity index (χ2n) is 9.46. The van der Waals surface area contributed by atoms with E-state index >= 15 is 0 Å². The van der Waals surface area contributed by atoms with Gasteiger partial charge in [0.2, 0.25) is 5.91 Å². The molecule has 0 aromatic heterocycles. The van der Waals surface area contributed by atoms with Crippen molar-refractivity contribution in [3.05, 3.63) is 101 Å². The van der Waals surface area contributed by atoms with Gasteiger partial charge in [-0.25, -0.2) is 0 Å². The van der Waals surface area contributed by atoms with Gasteiger partial charge in [0.05, 0.1) is 17.5 Å². The van der Waals surface area contributed by atoms with Crippen molar-refractivity contribution in [2.24, 2.45) is 0 Å². The summed E-state index contributed by atoms with van der Waals surface area (Å²) in [6, 6.07) is 22.1. The molecule has 34 heavy (non-hydrogen) atoms. The maximum Gasteiger partial charge on any atom is 0.416 e. The summed E-state index contributed by atoms with van der Waals surface area (Å²) in [5.74, 6) is 0.00289. The summed E-state index contributed by atoms with van der Waals surface area (Å²) < 4.78 is 40.1. The van der Waals surface area contributed by atoms with Gasteiger partial charge >= 0.3 is 6.18 Å². The number of alkyl halides is 3. The third-order valence-electron chi connectivity index (χ3n) is 7.13. The van der Waals surface area contributed by atoms with Crippen molar-refractivity contribution in [1.82, 2.24) is 4.90 Å². The first kappa shape index (κ1) is 22.7. The molecule has 1 fully saturated rings. The molecule has 1 saturated heterocycles. The van der Waals surface area contributed by atoms with Crippen LogP contribution in [0.1, 0.15) is 40.7 Å². The van der Waals surface area contributed by atoms with Crippen LogP contribution in [-0.2, 0) is 29.5 Å². The van der Waals surface area contributed by atoms with Crippen LogP contribution in [0.3, 0.4) is 0 Å². The number of carbonyl (C=O) groups excluding carboxylic acids is 1. The molecule has 5 rings (SSSR count). The van der Waals surface area contributed by atoms with E-state index in [2.05, 4.69) is 17.0 Å². The van der Waals surface area contributed by atoms with E-state index in [9.17, 15) is 18.0 Å². The minimum Gasteiger partial charge on any atom is -0.307 e. The van der Waals surface area contributed by atoms with Crippen molar-refractivity contribution in [2.75, 3.05) is 18.0 Å². The fraction of sp³-hybridized carbons (Fsp3) is 0.321. The molecule has 3 aromatic rings. The highest BCUT2D eigenvalue weighted by molar-refractivity contribution is 6.08. The number of piperidine rings is 1. The van der Waals surface area contributed by atoms with Gasteiger partial charge in [0, 0.05) is 12.2 Å². The van der Waals surface area contributed by atoms with E-state index in [-0.39, 0.29) is 12.5 Å². The van der Waals surface area contributed by atoms with Crippen LogP contribution in [-0.4, -0.2) is 23.9 Å². The summed E-state index contributed by atoms with van der Waals surface area (Å²) in [5, 5.41) is 0. The summed E-state index contributed by atoms with van der Waals surface area (Å²) in [6.45, 7) is 4.23. The molecule has 3 nitrogen and oxygen atoms in total. The zero-order valence-electron chi connectivity index (χ0n) is 19.1. The van der Waals surface area contributed by atoms with E-state index in [4.69, 9.17) is 0 Å². The van der Waals surface area contributed by atoms with Gasteiger partial charge in [-0.3, -0.25) is 9.69 Å². The van der Waals surface area contributed by atoms with Gasteiger partial charge in [-0.1, -0.05) is 60.2 Å². The van der Waals surface area contributed by atoms with Crippen molar-refractivity contribution in [2.45, 2.75) is 44.4 Å². The molecular weight excluding hydrogens is 437 g/mol. The number of hydrogen-bond donors (Lipinski definition) is 0. The third kappa shape index (κ3) is 4.11. The van der Waals surface area contributed by atoms with Gasteiger partial charge in [0.1, 0.15) is 0 Å². The summed E-state index contributed by atoms with van der Waals surface area (Å²) in [7, 11) is 0. The zero-order chi connectivity index (χ0) is 23.9. The average Bonchev–Trinajstić information content (AvgIpc) is 3.03. The van der Waals surface area contributed by atoms with E-state index < -0.39 is 17.2 Å². The number of benzene rings is 3. The first-order valence-corrected chi connectivity index (χ1v) is 11.6. The predicted octanol–water partition coefficient (Wildman–Crippen LogP) is 6.09. The Labute approximate surface area is 197 Å². The number of amides is 1. The van der Waals surface area contributed by atoms with Crippen LogP contribution in [0.25, 0.3) is 0 Å². The molecule has 6 heteroatoms. The number of hydrogen-bond acceptors (Lipinski definition) is 2. The SMILES string of the molecule is Cc1cc(CN2C(=O)C3(CCN(Cc4ccccc4)CC3)c3ccccc32)cc(C(F)(F)F)c1. The van der Waals surface area contributed by atoms with Crippen molar-refractivity contribution in [1.29, 1.82) is 0 Å². The van der Waals surface area contributed by atoms with Crippen LogP contribution in [0.2, 0.25) is 0 Å². The molecule has 1 amide bonds. The molecule has 0 N–H and O–H groups in total. The van der Waals surface area contributed by atoms with Crippen molar-refractivity contribution < 1.29 is 18.0 Å². The number of fused-ring (bicyclic) bond motifs is 2. The van der Waals surface area contributed by atoms with Crippen molar-refractivity contribution in [3.8, 4) is 0 Å². The molecule has 0 atom stereocenters. The average molecular weight is 465 g/mol. The molecule has 176 valence electrons. The van der Waals surface area contributed by atoms with E-state index in [1.165, 1.54) is 5.56 Å². The zero-order valence-corrected chi connectivity index (χ0v) is 19.1. The standard InChI is InChI=1S/C28H27F3N2O/c1-20-15-22(17-23(16-20)28(29,30)31)19-33-25-10-6-5-9-24(25)27(26(33)34)11-13-32(14-12-27)18-21-7-3-2-4-8-21/h2-10,15-17H,11-14,18-19H2,1H3. The van der Waals surface area contributed by atoms with Crippen LogP contribution in [0.15, 0.2) is 72.8 Å². The lowest BCUT2D eigenvalue weighted by molar-refractivity contribution is -0.137. The largest absolute Gasteiger partial charge is 0.416 e. The molecule has 0 radical (unpaired) electrons. The van der Waals surface area contributed by atoms with E-state index in [0.717, 1.165) is 43.0 Å². The highest BCUT2D eigenvalue weighted by Crippen LogP contribution is 2.48. The lowest BCUT2D eigenvalue weighted by Gasteiger charge is -2.38. The summed E-state index contributed by atoms with van der Waals surface area (Å²) in [6.07, 6.45) is -3.01. The lowest BCUT2D eigenvalue weighted by Crippen LogP contribution is -2.48. The lowest BCUT2D eigenvalue weighted by atomic mass is 9.73. The molecule has 1 spiro atoms. The molecule has 2 heterocycles. The Kier molecular flexibility index (Phi) is 5.72. The van der Waals surface area contributed by atoms with Gasteiger partial charge in [-0.15, -0.1) is 0 Å². The maximum atomic E-state index is 13.9. The Morgan fingerprint density at radius 1 is 0.853 bits per heavy atom. The minimum absolute atomic E-state index is 0.00289. The number of halogens is 3. The van der Waals surface area contributed by atoms with E-state index in [1.807, 2.05) is 42.5 Å². The minimum atomic E-state index is -4.42. The van der Waals surface area contributed by atoms with Gasteiger partial charge < -0.3 is 4.90 Å². The summed E-state index contributed by atoms with van der Waals surface area (Å²) in [4.78, 5) is 17.9. The van der Waals surface area contributed by atoms with Gasteiger partial charge in [-0.05, 0) is 67.7 Å². The normalized spacial score (nSPS) is 17.9. The van der Waals surface area contributed by atoms with Gasteiger partial charge in [-0.2, -0.15) is 13.2 Å². The number of nitrogens with zero attached hydrogens (tertiary/aromatic N) is 2. The maximum absolute atomic E-state index is 13.9. The van der Waals surface area contributed by atoms with Crippen LogP contribution >= 0.6 is 0 Å². The molecule has 0 unspecified atom stereocenters. The smallest absolute Gasteiger partial charge is 0.307 e. The first-order valence-electron chi connectivity index (χ1n) is 11.6. The quantitative estimate of drug-likeness (QED) is 0.466. The van der Waals surface area contributed by atoms with E-state index in [0.29, 0.717) is 24.0 Å². The summed E-state index contributed by atoms with van der Waals surface area (Å²) in [5.41, 5.74) is 2.81. The van der Waals surface area contributed by atoms with Crippen molar-refractivity contribution >= 4 is 11.6 Å². The molecule has 0 aliphatic carbocycles. The topological polar surface area (TPSA) is 23.6 Å². The number of aryl methyl sites for hydroxylation is 1. The fourth-order valence-corrected chi connectivity index (χ4v) is 5.47. The highest BCUT2D eigenvalue weighted by atomic mass is 19.4. The Balaban J connectivity index is 1.40. The van der Waals surface area contributed by atoms with Crippen LogP contribution in [0.5, 0.6) is 0 Å². The van der Waals surface area contributed by atoms with Crippen molar-refractivity contribution in [3.63, 3.8) is 0 Å². The van der Waals surface area contributed by atoms with Crippen LogP contribution in [0, 0.1) is 6.92 Å². The molecule has 0 saturated carbocycles. The fourth-order valence-electron chi connectivity index (χ4n) is 5.47. The molecule has 2 aliphatic heterocycles. The number of para-hydroxylation sites is 1. The second kappa shape index (κ2) is 8.58. The highest BCUT2D eigenvalue weighted by Gasteiger charge is 2.51. The second-order valence-corrected chi connectivity index (χ2v) is 9.46. The molecule has 0 bridgehead atoms. The number of rotatable bonds is 4.